The Balaban J connectivity index is 2.96. The summed E-state index contributed by atoms with van der Waals surface area (Å²) in [6.07, 6.45) is 22.2. The zero-order valence-corrected chi connectivity index (χ0v) is 21.1. The summed E-state index contributed by atoms with van der Waals surface area (Å²) in [6, 6.07) is 0.608. The molecule has 0 aromatic heterocycles. The van der Waals surface area contributed by atoms with E-state index in [0.29, 0.717) is 6.04 Å². The van der Waals surface area contributed by atoms with Gasteiger partial charge in [-0.15, -0.1) is 0 Å². The van der Waals surface area contributed by atoms with E-state index < -0.39 is 0 Å². The van der Waals surface area contributed by atoms with Crippen molar-refractivity contribution in [2.75, 3.05) is 0 Å². The minimum absolute atomic E-state index is 0.608. The van der Waals surface area contributed by atoms with E-state index in [1.165, 1.54) is 103 Å². The second-order valence-corrected chi connectivity index (χ2v) is 10.4. The van der Waals surface area contributed by atoms with Gasteiger partial charge in [0.2, 0.25) is 0 Å². The van der Waals surface area contributed by atoms with Gasteiger partial charge in [-0.1, -0.05) is 104 Å². The molecule has 3 atom stereocenters. The molecule has 1 aliphatic carbocycles. The highest BCUT2D eigenvalue weighted by atomic mass is 14.9. The van der Waals surface area contributed by atoms with Crippen LogP contribution in [0, 0.1) is 17.8 Å². The fourth-order valence-electron chi connectivity index (χ4n) is 5.22. The predicted molar refractivity (Wildman–Crippen MR) is 132 cm³/mol. The minimum atomic E-state index is 0.608. The highest BCUT2D eigenvalue weighted by Crippen LogP contribution is 2.29. The van der Waals surface area contributed by atoms with E-state index in [1.54, 1.807) is 11.3 Å². The van der Waals surface area contributed by atoms with Crippen LogP contribution in [0.3, 0.4) is 0 Å². The van der Waals surface area contributed by atoms with Gasteiger partial charge in [-0.2, -0.15) is 0 Å². The van der Waals surface area contributed by atoms with Crippen LogP contribution >= 0.6 is 0 Å². The first-order valence-corrected chi connectivity index (χ1v) is 13.5. The Bertz CT molecular complexity index is 422. The molecule has 1 rings (SSSR count). The maximum Gasteiger partial charge on any atom is 0.0258 e. The van der Waals surface area contributed by atoms with Crippen molar-refractivity contribution in [2.24, 2.45) is 17.8 Å². The van der Waals surface area contributed by atoms with Crippen molar-refractivity contribution in [3.05, 3.63) is 11.3 Å². The van der Waals surface area contributed by atoms with E-state index >= 15 is 0 Å². The Labute approximate surface area is 184 Å². The highest BCUT2D eigenvalue weighted by Gasteiger charge is 2.19. The van der Waals surface area contributed by atoms with Crippen LogP contribution in [-0.2, 0) is 0 Å². The third-order valence-electron chi connectivity index (χ3n) is 7.37. The monoisotopic (exact) mass is 405 g/mol. The van der Waals surface area contributed by atoms with Crippen LogP contribution in [0.15, 0.2) is 11.3 Å². The SMILES string of the molecule is CCCC[C@@H](CC)C(C)N/C(CC(C)C)=C1/CCCCCCCC[C@H](CC)CC1. The summed E-state index contributed by atoms with van der Waals surface area (Å²) in [7, 11) is 0. The number of nitrogens with one attached hydrogen (secondary N) is 1. The standard InChI is InChI=1S/C28H55N/c1-7-10-18-26(9-3)24(6)29-28(22-23(4)5)27-19-16-14-12-11-13-15-17-25(8-2)20-21-27/h23-26,29H,7-22H2,1-6H3/b28-27-/t24?,25-,26+/m0/s1. The lowest BCUT2D eigenvalue weighted by atomic mass is 9.87. The molecule has 1 aliphatic rings. The quantitative estimate of drug-likeness (QED) is 0.381. The topological polar surface area (TPSA) is 12.0 Å². The van der Waals surface area contributed by atoms with Crippen LogP contribution in [0.25, 0.3) is 0 Å². The lowest BCUT2D eigenvalue weighted by molar-refractivity contribution is 0.344. The van der Waals surface area contributed by atoms with Crippen molar-refractivity contribution in [2.45, 2.75) is 150 Å². The zero-order valence-electron chi connectivity index (χ0n) is 21.1. The number of hydrogen-bond donors (Lipinski definition) is 1. The van der Waals surface area contributed by atoms with Gasteiger partial charge in [0.1, 0.15) is 0 Å². The lowest BCUT2D eigenvalue weighted by Crippen LogP contribution is -2.34. The molecule has 1 nitrogen and oxygen atoms in total. The Morgan fingerprint density at radius 2 is 1.59 bits per heavy atom. The average Bonchev–Trinajstić information content (AvgIpc) is 2.68. The van der Waals surface area contributed by atoms with E-state index in [9.17, 15) is 0 Å². The lowest BCUT2D eigenvalue weighted by Gasteiger charge is -2.29. The molecule has 0 heterocycles. The largest absolute Gasteiger partial charge is 0.386 e. The fraction of sp³-hybridized carbons (Fsp3) is 0.929. The van der Waals surface area contributed by atoms with Gasteiger partial charge in [0.15, 0.2) is 0 Å². The molecule has 0 spiro atoms. The molecule has 0 aromatic rings. The van der Waals surface area contributed by atoms with E-state index in [-0.39, 0.29) is 0 Å². The van der Waals surface area contributed by atoms with Crippen molar-refractivity contribution >= 4 is 0 Å². The molecule has 0 bridgehead atoms. The molecule has 0 aliphatic heterocycles. The Morgan fingerprint density at radius 3 is 2.21 bits per heavy atom. The number of rotatable bonds is 10. The van der Waals surface area contributed by atoms with Crippen molar-refractivity contribution < 1.29 is 0 Å². The van der Waals surface area contributed by atoms with E-state index in [1.807, 2.05) is 0 Å². The number of unbranched alkanes of at least 4 members (excludes halogenated alkanes) is 1. The zero-order chi connectivity index (χ0) is 21.5. The van der Waals surface area contributed by atoms with Gasteiger partial charge in [-0.25, -0.2) is 0 Å². The summed E-state index contributed by atoms with van der Waals surface area (Å²) >= 11 is 0. The Morgan fingerprint density at radius 1 is 0.897 bits per heavy atom. The second kappa shape index (κ2) is 16.3. The number of allylic oxidation sites excluding steroid dienone is 2. The van der Waals surface area contributed by atoms with Crippen LogP contribution in [0.2, 0.25) is 0 Å². The van der Waals surface area contributed by atoms with Gasteiger partial charge >= 0.3 is 0 Å². The molecule has 1 unspecified atom stereocenters. The Kier molecular flexibility index (Phi) is 14.9. The summed E-state index contributed by atoms with van der Waals surface area (Å²) in [6.45, 7) is 14.4. The van der Waals surface area contributed by atoms with Gasteiger partial charge in [-0.3, -0.25) is 0 Å². The van der Waals surface area contributed by atoms with E-state index in [4.69, 9.17) is 0 Å². The molecule has 1 N–H and O–H groups in total. The molecule has 0 radical (unpaired) electrons. The molecular formula is C28H55N. The summed E-state index contributed by atoms with van der Waals surface area (Å²) in [5, 5.41) is 4.10. The first kappa shape index (κ1) is 26.6. The maximum atomic E-state index is 4.10. The normalized spacial score (nSPS) is 23.8. The van der Waals surface area contributed by atoms with Gasteiger partial charge in [0.05, 0.1) is 0 Å². The van der Waals surface area contributed by atoms with E-state index in [2.05, 4.69) is 46.9 Å². The summed E-state index contributed by atoms with van der Waals surface area (Å²) in [5.74, 6) is 2.48. The van der Waals surface area contributed by atoms with Crippen molar-refractivity contribution in [1.82, 2.24) is 5.32 Å². The van der Waals surface area contributed by atoms with Crippen LogP contribution in [0.1, 0.15) is 144 Å². The average molecular weight is 406 g/mol. The molecule has 1 fully saturated rings. The molecule has 172 valence electrons. The first-order chi connectivity index (χ1) is 14.0. The smallest absolute Gasteiger partial charge is 0.0258 e. The van der Waals surface area contributed by atoms with Gasteiger partial charge in [0.25, 0.3) is 0 Å². The third-order valence-corrected chi connectivity index (χ3v) is 7.37. The Hall–Kier alpha value is -0.460. The third kappa shape index (κ3) is 11.5. The predicted octanol–water partition coefficient (Wildman–Crippen LogP) is 9.42. The molecule has 1 saturated carbocycles. The van der Waals surface area contributed by atoms with Crippen molar-refractivity contribution in [1.29, 1.82) is 0 Å². The van der Waals surface area contributed by atoms with Crippen molar-refractivity contribution in [3.8, 4) is 0 Å². The number of hydrogen-bond acceptors (Lipinski definition) is 1. The van der Waals surface area contributed by atoms with Crippen LogP contribution < -0.4 is 5.32 Å². The second-order valence-electron chi connectivity index (χ2n) is 10.4. The van der Waals surface area contributed by atoms with Gasteiger partial charge in [0, 0.05) is 11.7 Å². The fourth-order valence-corrected chi connectivity index (χ4v) is 5.22. The first-order valence-electron chi connectivity index (χ1n) is 13.5. The van der Waals surface area contributed by atoms with Gasteiger partial charge in [-0.05, 0) is 63.2 Å². The molecule has 0 saturated heterocycles. The molecule has 0 aromatic carbocycles. The maximum absolute atomic E-state index is 4.10. The molecule has 29 heavy (non-hydrogen) atoms. The minimum Gasteiger partial charge on any atom is -0.386 e. The summed E-state index contributed by atoms with van der Waals surface area (Å²) in [5.41, 5.74) is 3.42. The van der Waals surface area contributed by atoms with Crippen LogP contribution in [-0.4, -0.2) is 6.04 Å². The molecule has 0 amide bonds. The summed E-state index contributed by atoms with van der Waals surface area (Å²) < 4.78 is 0. The molecular weight excluding hydrogens is 350 g/mol. The van der Waals surface area contributed by atoms with Gasteiger partial charge < -0.3 is 5.32 Å². The summed E-state index contributed by atoms with van der Waals surface area (Å²) in [4.78, 5) is 0. The van der Waals surface area contributed by atoms with E-state index in [0.717, 1.165) is 17.8 Å². The molecule has 1 heteroatoms. The van der Waals surface area contributed by atoms with Crippen LogP contribution in [0.4, 0.5) is 0 Å². The highest BCUT2D eigenvalue weighted by molar-refractivity contribution is 5.15. The van der Waals surface area contributed by atoms with Crippen LogP contribution in [0.5, 0.6) is 0 Å². The van der Waals surface area contributed by atoms with Crippen molar-refractivity contribution in [3.63, 3.8) is 0 Å².